The summed E-state index contributed by atoms with van der Waals surface area (Å²) in [5, 5.41) is 7.13. The van der Waals surface area contributed by atoms with Crippen molar-refractivity contribution < 1.29 is 9.53 Å². The lowest BCUT2D eigenvalue weighted by molar-refractivity contribution is -0.121. The highest BCUT2D eigenvalue weighted by molar-refractivity contribution is 5.90. The van der Waals surface area contributed by atoms with Gasteiger partial charge in [0.15, 0.2) is 0 Å². The van der Waals surface area contributed by atoms with Gasteiger partial charge in [0.05, 0.1) is 17.8 Å². The molecule has 0 radical (unpaired) electrons. The Morgan fingerprint density at radius 2 is 2.10 bits per heavy atom. The second-order valence-electron chi connectivity index (χ2n) is 4.40. The van der Waals surface area contributed by atoms with Crippen molar-refractivity contribution in [3.8, 4) is 0 Å². The molecule has 20 heavy (non-hydrogen) atoms. The molecule has 2 aromatic rings. The summed E-state index contributed by atoms with van der Waals surface area (Å²) < 4.78 is 4.88. The Morgan fingerprint density at radius 1 is 1.25 bits per heavy atom. The SMILES string of the molecule is COCCNC(=O)CCNc1cccc2cccnc12. The summed E-state index contributed by atoms with van der Waals surface area (Å²) in [6.45, 7) is 1.66. The van der Waals surface area contributed by atoms with Crippen LogP contribution in [-0.2, 0) is 9.53 Å². The molecule has 0 unspecified atom stereocenters. The van der Waals surface area contributed by atoms with E-state index in [0.717, 1.165) is 16.6 Å². The summed E-state index contributed by atoms with van der Waals surface area (Å²) >= 11 is 0. The molecule has 0 fully saturated rings. The van der Waals surface area contributed by atoms with Gasteiger partial charge in [-0.1, -0.05) is 18.2 Å². The lowest BCUT2D eigenvalue weighted by atomic mass is 10.2. The van der Waals surface area contributed by atoms with Gasteiger partial charge in [0.1, 0.15) is 0 Å². The molecular formula is C15H19N3O2. The number of benzene rings is 1. The fraction of sp³-hybridized carbons (Fsp3) is 0.333. The Balaban J connectivity index is 1.85. The van der Waals surface area contributed by atoms with Crippen molar-refractivity contribution in [3.05, 3.63) is 36.5 Å². The van der Waals surface area contributed by atoms with Gasteiger partial charge in [0.2, 0.25) is 5.91 Å². The molecule has 1 amide bonds. The minimum absolute atomic E-state index is 0.0164. The number of hydrogen-bond donors (Lipinski definition) is 2. The third kappa shape index (κ3) is 3.93. The molecule has 2 rings (SSSR count). The Kier molecular flexibility index (Phi) is 5.32. The number of rotatable bonds is 7. The first-order valence-electron chi connectivity index (χ1n) is 6.64. The first-order valence-corrected chi connectivity index (χ1v) is 6.64. The number of nitrogens with one attached hydrogen (secondary N) is 2. The van der Waals surface area contributed by atoms with Crippen LogP contribution in [0.2, 0.25) is 0 Å². The average molecular weight is 273 g/mol. The number of hydrogen-bond acceptors (Lipinski definition) is 4. The van der Waals surface area contributed by atoms with Crippen molar-refractivity contribution in [1.82, 2.24) is 10.3 Å². The summed E-state index contributed by atoms with van der Waals surface area (Å²) in [7, 11) is 1.61. The Hall–Kier alpha value is -2.14. The zero-order valence-electron chi connectivity index (χ0n) is 11.6. The number of aromatic nitrogens is 1. The highest BCUT2D eigenvalue weighted by Crippen LogP contribution is 2.20. The molecule has 0 aliphatic carbocycles. The monoisotopic (exact) mass is 273 g/mol. The van der Waals surface area contributed by atoms with E-state index in [1.165, 1.54) is 0 Å². The summed E-state index contributed by atoms with van der Waals surface area (Å²) in [4.78, 5) is 15.9. The number of ether oxygens (including phenoxy) is 1. The first kappa shape index (κ1) is 14.3. The molecular weight excluding hydrogens is 254 g/mol. The predicted octanol–water partition coefficient (Wildman–Crippen LogP) is 1.80. The average Bonchev–Trinajstić information content (AvgIpc) is 2.48. The number of nitrogens with zero attached hydrogens (tertiary/aromatic N) is 1. The van der Waals surface area contributed by atoms with E-state index in [-0.39, 0.29) is 5.91 Å². The van der Waals surface area contributed by atoms with Gasteiger partial charge in [-0.2, -0.15) is 0 Å². The molecule has 0 saturated heterocycles. The fourth-order valence-electron chi connectivity index (χ4n) is 1.94. The quantitative estimate of drug-likeness (QED) is 0.755. The number of anilines is 1. The van der Waals surface area contributed by atoms with Gasteiger partial charge in [0.25, 0.3) is 0 Å². The number of fused-ring (bicyclic) bond motifs is 1. The van der Waals surface area contributed by atoms with Crippen molar-refractivity contribution in [2.45, 2.75) is 6.42 Å². The van der Waals surface area contributed by atoms with Gasteiger partial charge in [0, 0.05) is 38.2 Å². The lowest BCUT2D eigenvalue weighted by Crippen LogP contribution is -2.28. The van der Waals surface area contributed by atoms with Crippen LogP contribution in [0.4, 0.5) is 5.69 Å². The van der Waals surface area contributed by atoms with Gasteiger partial charge in [-0.25, -0.2) is 0 Å². The van der Waals surface area contributed by atoms with E-state index in [1.807, 2.05) is 30.3 Å². The van der Waals surface area contributed by atoms with Crippen LogP contribution in [0.15, 0.2) is 36.5 Å². The van der Waals surface area contributed by atoms with Crippen molar-refractivity contribution in [1.29, 1.82) is 0 Å². The number of carbonyl (C=O) groups excluding carboxylic acids is 1. The first-order chi connectivity index (χ1) is 9.81. The molecule has 106 valence electrons. The Bertz CT molecular complexity index is 567. The van der Waals surface area contributed by atoms with Crippen molar-refractivity contribution in [2.24, 2.45) is 0 Å². The van der Waals surface area contributed by atoms with Gasteiger partial charge in [-0.3, -0.25) is 9.78 Å². The Labute approximate surface area is 118 Å². The Morgan fingerprint density at radius 3 is 2.95 bits per heavy atom. The van der Waals surface area contributed by atoms with Crippen LogP contribution in [0, 0.1) is 0 Å². The summed E-state index contributed by atoms with van der Waals surface area (Å²) in [5.41, 5.74) is 1.88. The van der Waals surface area contributed by atoms with Crippen LogP contribution in [0.5, 0.6) is 0 Å². The van der Waals surface area contributed by atoms with Gasteiger partial charge in [-0.05, 0) is 12.1 Å². The number of para-hydroxylation sites is 1. The molecule has 0 saturated carbocycles. The summed E-state index contributed by atoms with van der Waals surface area (Å²) in [6.07, 6.45) is 2.19. The topological polar surface area (TPSA) is 63.2 Å². The van der Waals surface area contributed by atoms with Crippen LogP contribution in [0.1, 0.15) is 6.42 Å². The molecule has 1 aromatic heterocycles. The van der Waals surface area contributed by atoms with Gasteiger partial charge < -0.3 is 15.4 Å². The van der Waals surface area contributed by atoms with E-state index in [9.17, 15) is 4.79 Å². The van der Waals surface area contributed by atoms with Crippen molar-refractivity contribution >= 4 is 22.5 Å². The molecule has 0 atom stereocenters. The van der Waals surface area contributed by atoms with E-state index in [1.54, 1.807) is 13.3 Å². The number of amides is 1. The molecule has 5 heteroatoms. The molecule has 5 nitrogen and oxygen atoms in total. The van der Waals surface area contributed by atoms with E-state index in [2.05, 4.69) is 15.6 Å². The maximum atomic E-state index is 11.5. The zero-order chi connectivity index (χ0) is 14.2. The number of carbonyl (C=O) groups is 1. The normalized spacial score (nSPS) is 10.4. The predicted molar refractivity (Wildman–Crippen MR) is 79.7 cm³/mol. The van der Waals surface area contributed by atoms with E-state index < -0.39 is 0 Å². The van der Waals surface area contributed by atoms with Crippen molar-refractivity contribution in [2.75, 3.05) is 32.1 Å². The highest BCUT2D eigenvalue weighted by Gasteiger charge is 2.03. The van der Waals surface area contributed by atoms with E-state index >= 15 is 0 Å². The largest absolute Gasteiger partial charge is 0.383 e. The molecule has 0 aliphatic heterocycles. The molecule has 1 heterocycles. The maximum absolute atomic E-state index is 11.5. The number of methoxy groups -OCH3 is 1. The zero-order valence-corrected chi connectivity index (χ0v) is 11.6. The molecule has 0 bridgehead atoms. The third-order valence-corrected chi connectivity index (χ3v) is 2.93. The van der Waals surface area contributed by atoms with Crippen LogP contribution in [0.25, 0.3) is 10.9 Å². The standard InChI is InChI=1S/C15H19N3O2/c1-20-11-10-17-14(19)7-9-16-13-6-2-4-12-5-3-8-18-15(12)13/h2-6,8,16H,7,9-11H2,1H3,(H,17,19). The number of pyridine rings is 1. The summed E-state index contributed by atoms with van der Waals surface area (Å²) in [6, 6.07) is 9.90. The van der Waals surface area contributed by atoms with Crippen LogP contribution in [0.3, 0.4) is 0 Å². The third-order valence-electron chi connectivity index (χ3n) is 2.93. The van der Waals surface area contributed by atoms with E-state index in [0.29, 0.717) is 26.1 Å². The van der Waals surface area contributed by atoms with Crippen molar-refractivity contribution in [3.63, 3.8) is 0 Å². The lowest BCUT2D eigenvalue weighted by Gasteiger charge is -2.09. The second-order valence-corrected chi connectivity index (χ2v) is 4.40. The second kappa shape index (κ2) is 7.45. The fourth-order valence-corrected chi connectivity index (χ4v) is 1.94. The molecule has 0 spiro atoms. The van der Waals surface area contributed by atoms with Crippen LogP contribution < -0.4 is 10.6 Å². The minimum Gasteiger partial charge on any atom is -0.383 e. The van der Waals surface area contributed by atoms with Crippen LogP contribution >= 0.6 is 0 Å². The molecule has 1 aromatic carbocycles. The van der Waals surface area contributed by atoms with Crippen LogP contribution in [-0.4, -0.2) is 37.7 Å². The molecule has 0 aliphatic rings. The van der Waals surface area contributed by atoms with Gasteiger partial charge in [-0.15, -0.1) is 0 Å². The van der Waals surface area contributed by atoms with Gasteiger partial charge >= 0.3 is 0 Å². The highest BCUT2D eigenvalue weighted by atomic mass is 16.5. The van der Waals surface area contributed by atoms with E-state index in [4.69, 9.17) is 4.74 Å². The smallest absolute Gasteiger partial charge is 0.221 e. The maximum Gasteiger partial charge on any atom is 0.221 e. The minimum atomic E-state index is 0.0164. The molecule has 2 N–H and O–H groups in total. The summed E-state index contributed by atoms with van der Waals surface area (Å²) in [5.74, 6) is 0.0164.